The fourth-order valence-corrected chi connectivity index (χ4v) is 4.10. The van der Waals surface area contributed by atoms with Crippen LogP contribution >= 0.6 is 11.8 Å². The first-order valence-electron chi connectivity index (χ1n) is 9.25. The number of carbonyl (C=O) groups excluding carboxylic acids is 1. The summed E-state index contributed by atoms with van der Waals surface area (Å²) in [5, 5.41) is 12.2. The Morgan fingerprint density at radius 1 is 1.33 bits per heavy atom. The molecule has 148 valence electrons. The number of benzene rings is 1. The van der Waals surface area contributed by atoms with Gasteiger partial charge < -0.3 is 20.1 Å². The Morgan fingerprint density at radius 3 is 2.70 bits per heavy atom. The summed E-state index contributed by atoms with van der Waals surface area (Å²) < 4.78 is 4.58. The summed E-state index contributed by atoms with van der Waals surface area (Å²) in [6, 6.07) is 7.75. The van der Waals surface area contributed by atoms with Gasteiger partial charge in [-0.25, -0.2) is 9.78 Å². The van der Waals surface area contributed by atoms with Crippen molar-refractivity contribution in [2.45, 2.75) is 63.1 Å². The second kappa shape index (κ2) is 10.2. The van der Waals surface area contributed by atoms with E-state index in [0.29, 0.717) is 0 Å². The van der Waals surface area contributed by atoms with E-state index in [2.05, 4.69) is 33.9 Å². The van der Waals surface area contributed by atoms with Crippen molar-refractivity contribution in [3.8, 4) is 0 Å². The molecule has 2 rings (SSSR count). The van der Waals surface area contributed by atoms with Crippen molar-refractivity contribution < 1.29 is 19.4 Å². The number of aromatic nitrogens is 2. The van der Waals surface area contributed by atoms with Crippen molar-refractivity contribution in [2.75, 3.05) is 0 Å². The van der Waals surface area contributed by atoms with Gasteiger partial charge in [0.2, 0.25) is 0 Å². The number of carboxylic acid groups (broad SMARTS) is 1. The summed E-state index contributed by atoms with van der Waals surface area (Å²) in [6.07, 6.45) is 1.48. The zero-order chi connectivity index (χ0) is 19.8. The molecule has 3 N–H and O–H groups in total. The smallest absolute Gasteiger partial charge is 0.450 e. The largest absolute Gasteiger partial charge is 0.506 e. The van der Waals surface area contributed by atoms with Crippen LogP contribution in [0.4, 0.5) is 4.79 Å². The molecule has 7 nitrogen and oxygen atoms in total. The molecule has 0 fully saturated rings. The molecule has 27 heavy (non-hydrogen) atoms. The van der Waals surface area contributed by atoms with E-state index in [1.807, 2.05) is 24.3 Å². The molecular formula is C19H27N3O4S. The number of ether oxygens (including phenoxy) is 1. The highest BCUT2D eigenvalue weighted by atomic mass is 32.2. The fourth-order valence-electron chi connectivity index (χ4n) is 2.85. The van der Waals surface area contributed by atoms with E-state index >= 15 is 0 Å². The lowest BCUT2D eigenvalue weighted by molar-refractivity contribution is -0.130. The third-order valence-corrected chi connectivity index (χ3v) is 5.59. The molecule has 3 atom stereocenters. The minimum absolute atomic E-state index is 0.227. The number of imidazole rings is 1. The molecular weight excluding hydrogens is 366 g/mol. The van der Waals surface area contributed by atoms with Gasteiger partial charge in [-0.2, -0.15) is 0 Å². The zero-order valence-electron chi connectivity index (χ0n) is 15.9. The Balaban J connectivity index is 2.17. The van der Waals surface area contributed by atoms with Gasteiger partial charge >= 0.3 is 6.16 Å². The minimum atomic E-state index is -1.46. The van der Waals surface area contributed by atoms with Gasteiger partial charge in [-0.1, -0.05) is 57.0 Å². The fraction of sp³-hybridized carbons (Fsp3) is 0.526. The van der Waals surface area contributed by atoms with Gasteiger partial charge in [0.25, 0.3) is 5.91 Å². The molecule has 0 aliphatic carbocycles. The van der Waals surface area contributed by atoms with Crippen molar-refractivity contribution in [3.05, 3.63) is 24.3 Å². The lowest BCUT2D eigenvalue weighted by atomic mass is 9.99. The average Bonchev–Trinajstić information content (AvgIpc) is 3.03. The lowest BCUT2D eigenvalue weighted by Crippen LogP contribution is -2.43. The zero-order valence-corrected chi connectivity index (χ0v) is 16.7. The van der Waals surface area contributed by atoms with Gasteiger partial charge in [0.05, 0.1) is 16.4 Å². The number of fused-ring (bicyclic) bond motifs is 1. The molecule has 0 bridgehead atoms. The number of nitrogens with zero attached hydrogens (tertiary/aromatic N) is 1. The summed E-state index contributed by atoms with van der Waals surface area (Å²) in [7, 11) is 0. The first-order valence-corrected chi connectivity index (χ1v) is 10.1. The van der Waals surface area contributed by atoms with Crippen molar-refractivity contribution in [1.82, 2.24) is 15.3 Å². The summed E-state index contributed by atoms with van der Waals surface area (Å²) in [5.74, 6) is -0.204. The molecule has 0 radical (unpaired) electrons. The number of nitrogens with one attached hydrogen (secondary N) is 2. The van der Waals surface area contributed by atoms with Crippen LogP contribution in [0.15, 0.2) is 29.4 Å². The first kappa shape index (κ1) is 21.1. The molecule has 1 heterocycles. The number of carbonyl (C=O) groups is 2. The lowest BCUT2D eigenvalue weighted by Gasteiger charge is -2.27. The highest BCUT2D eigenvalue weighted by molar-refractivity contribution is 7.99. The van der Waals surface area contributed by atoms with Crippen LogP contribution < -0.4 is 5.32 Å². The molecule has 8 heteroatoms. The number of hydrogen-bond acceptors (Lipinski definition) is 5. The Labute approximate surface area is 163 Å². The predicted molar refractivity (Wildman–Crippen MR) is 106 cm³/mol. The van der Waals surface area contributed by atoms with Gasteiger partial charge in [0.15, 0.2) is 11.3 Å². The van der Waals surface area contributed by atoms with Crippen molar-refractivity contribution in [2.24, 2.45) is 5.92 Å². The number of amides is 1. The van der Waals surface area contributed by atoms with Crippen LogP contribution in [0.1, 0.15) is 46.5 Å². The van der Waals surface area contributed by atoms with Gasteiger partial charge in [-0.05, 0) is 31.4 Å². The summed E-state index contributed by atoms with van der Waals surface area (Å²) in [4.78, 5) is 31.0. The van der Waals surface area contributed by atoms with E-state index in [1.165, 1.54) is 18.7 Å². The molecule has 0 aliphatic rings. The van der Waals surface area contributed by atoms with Gasteiger partial charge in [-0.3, -0.25) is 4.79 Å². The van der Waals surface area contributed by atoms with E-state index in [-0.39, 0.29) is 11.3 Å². The predicted octanol–water partition coefficient (Wildman–Crippen LogP) is 4.40. The molecule has 0 saturated carbocycles. The van der Waals surface area contributed by atoms with Gasteiger partial charge in [-0.15, -0.1) is 0 Å². The maximum absolute atomic E-state index is 12.4. The number of hydrogen-bond donors (Lipinski definition) is 3. The van der Waals surface area contributed by atoms with Crippen LogP contribution in [-0.2, 0) is 9.53 Å². The standard InChI is InChI=1S/C19H27N3O4S/c1-4-6-9-13(5-2)17(22-16(23)12(3)26-19(24)25)27-18-20-14-10-7-8-11-15(14)21-18/h7-8,10-13,17H,4-6,9H2,1-3H3,(H,20,21)(H,22,23)(H,24,25). The maximum Gasteiger partial charge on any atom is 0.506 e. The Bertz CT molecular complexity index is 731. The molecule has 1 aromatic carbocycles. The van der Waals surface area contributed by atoms with Crippen LogP contribution in [0.25, 0.3) is 11.0 Å². The number of para-hydroxylation sites is 2. The third-order valence-electron chi connectivity index (χ3n) is 4.42. The molecule has 1 amide bonds. The van der Waals surface area contributed by atoms with Crippen LogP contribution in [-0.4, -0.2) is 38.6 Å². The summed E-state index contributed by atoms with van der Waals surface area (Å²) in [6.45, 7) is 5.66. The SMILES string of the molecule is CCCCC(CC)C(NC(=O)C(C)OC(=O)O)Sc1nc2ccccc2[nH]1. The Hall–Kier alpha value is -2.22. The van der Waals surface area contributed by atoms with Crippen LogP contribution in [0.2, 0.25) is 0 Å². The van der Waals surface area contributed by atoms with Crippen molar-refractivity contribution in [1.29, 1.82) is 0 Å². The topological polar surface area (TPSA) is 104 Å². The third kappa shape index (κ3) is 6.16. The quantitative estimate of drug-likeness (QED) is 0.314. The second-order valence-corrected chi connectivity index (χ2v) is 7.57. The van der Waals surface area contributed by atoms with E-state index in [9.17, 15) is 9.59 Å². The highest BCUT2D eigenvalue weighted by Crippen LogP contribution is 2.30. The first-order chi connectivity index (χ1) is 12.9. The Kier molecular flexibility index (Phi) is 7.97. The number of H-pyrrole nitrogens is 1. The summed E-state index contributed by atoms with van der Waals surface area (Å²) >= 11 is 1.46. The maximum atomic E-state index is 12.4. The van der Waals surface area contributed by atoms with E-state index in [1.54, 1.807) is 0 Å². The van der Waals surface area contributed by atoms with Crippen LogP contribution in [0, 0.1) is 5.92 Å². The molecule has 3 unspecified atom stereocenters. The number of thioether (sulfide) groups is 1. The normalized spacial score (nSPS) is 14.5. The van der Waals surface area contributed by atoms with E-state index in [4.69, 9.17) is 5.11 Å². The molecule has 1 aromatic heterocycles. The van der Waals surface area contributed by atoms with Gasteiger partial charge in [0, 0.05) is 0 Å². The van der Waals surface area contributed by atoms with Crippen LogP contribution in [0.3, 0.4) is 0 Å². The Morgan fingerprint density at radius 2 is 2.07 bits per heavy atom. The minimum Gasteiger partial charge on any atom is -0.450 e. The van der Waals surface area contributed by atoms with E-state index < -0.39 is 18.2 Å². The van der Waals surface area contributed by atoms with Crippen molar-refractivity contribution >= 4 is 34.9 Å². The van der Waals surface area contributed by atoms with Crippen molar-refractivity contribution in [3.63, 3.8) is 0 Å². The highest BCUT2D eigenvalue weighted by Gasteiger charge is 2.27. The van der Waals surface area contributed by atoms with E-state index in [0.717, 1.165) is 41.9 Å². The van der Waals surface area contributed by atoms with Gasteiger partial charge in [0.1, 0.15) is 0 Å². The number of unbranched alkanes of at least 4 members (excludes halogenated alkanes) is 1. The second-order valence-electron chi connectivity index (χ2n) is 6.44. The average molecular weight is 394 g/mol. The summed E-state index contributed by atoms with van der Waals surface area (Å²) in [5.41, 5.74) is 1.81. The molecule has 0 saturated heterocycles. The number of aromatic amines is 1. The number of rotatable bonds is 10. The molecule has 2 aromatic rings. The molecule has 0 spiro atoms. The van der Waals surface area contributed by atoms with Crippen LogP contribution in [0.5, 0.6) is 0 Å². The molecule has 0 aliphatic heterocycles. The monoisotopic (exact) mass is 393 g/mol.